The molecule has 0 radical (unpaired) electrons. The number of aliphatic hydroxyl groups excluding tert-OH is 1. The number of hydrogen-bond acceptors (Lipinski definition) is 1. The molecule has 0 heterocycles. The molecule has 1 nitrogen and oxygen atoms in total. The molecule has 1 aromatic carbocycles. The van der Waals surface area contributed by atoms with E-state index in [1.807, 2.05) is 0 Å². The molecule has 0 amide bonds. The summed E-state index contributed by atoms with van der Waals surface area (Å²) in [6.07, 6.45) is 2.06. The Hall–Kier alpha value is -0.820. The third-order valence-electron chi connectivity index (χ3n) is 3.57. The van der Waals surface area contributed by atoms with Gasteiger partial charge in [0, 0.05) is 6.61 Å². The summed E-state index contributed by atoms with van der Waals surface area (Å²) in [7, 11) is 0. The van der Waals surface area contributed by atoms with Crippen molar-refractivity contribution in [1.29, 1.82) is 0 Å². The lowest BCUT2D eigenvalue weighted by Crippen LogP contribution is -2.21. The van der Waals surface area contributed by atoms with Gasteiger partial charge in [-0.2, -0.15) is 0 Å². The van der Waals surface area contributed by atoms with Crippen molar-refractivity contribution in [2.75, 3.05) is 6.61 Å². The number of hydrogen-bond donors (Lipinski definition) is 1. The number of rotatable bonds is 1. The van der Waals surface area contributed by atoms with Crippen LogP contribution >= 0.6 is 0 Å². The van der Waals surface area contributed by atoms with E-state index in [2.05, 4.69) is 32.9 Å². The maximum Gasteiger partial charge on any atom is 0.0491 e. The van der Waals surface area contributed by atoms with Crippen molar-refractivity contribution < 1.29 is 5.11 Å². The highest BCUT2D eigenvalue weighted by molar-refractivity contribution is 5.44. The fourth-order valence-electron chi connectivity index (χ4n) is 2.40. The minimum absolute atomic E-state index is 0.0842. The second-order valence-electron chi connectivity index (χ2n) is 4.97. The largest absolute Gasteiger partial charge is 0.396 e. The Kier molecular flexibility index (Phi) is 2.15. The summed E-state index contributed by atoms with van der Waals surface area (Å²) in [6.45, 7) is 6.81. The lowest BCUT2D eigenvalue weighted by atomic mass is 9.88. The Morgan fingerprint density at radius 3 is 2.64 bits per heavy atom. The topological polar surface area (TPSA) is 20.2 Å². The van der Waals surface area contributed by atoms with E-state index in [0.29, 0.717) is 6.61 Å². The molecule has 1 heteroatoms. The molecule has 0 aliphatic heterocycles. The van der Waals surface area contributed by atoms with E-state index < -0.39 is 0 Å². The fraction of sp³-hybridized carbons (Fsp3) is 0.538. The monoisotopic (exact) mass is 190 g/mol. The van der Waals surface area contributed by atoms with Gasteiger partial charge < -0.3 is 5.11 Å². The normalized spacial score (nSPS) is 25.1. The molecule has 1 aromatic rings. The first-order chi connectivity index (χ1) is 6.56. The van der Waals surface area contributed by atoms with Gasteiger partial charge in [0.1, 0.15) is 0 Å². The van der Waals surface area contributed by atoms with Crippen LogP contribution in [0.4, 0.5) is 0 Å². The second kappa shape index (κ2) is 3.09. The maximum absolute atomic E-state index is 9.36. The van der Waals surface area contributed by atoms with Crippen LogP contribution < -0.4 is 0 Å². The van der Waals surface area contributed by atoms with E-state index in [9.17, 15) is 5.11 Å². The Morgan fingerprint density at radius 1 is 1.29 bits per heavy atom. The van der Waals surface area contributed by atoms with Crippen molar-refractivity contribution in [1.82, 2.24) is 0 Å². The molecule has 2 rings (SSSR count). The molecule has 0 saturated carbocycles. The summed E-state index contributed by atoms with van der Waals surface area (Å²) in [6, 6.07) is 4.41. The van der Waals surface area contributed by atoms with Gasteiger partial charge in [0.15, 0.2) is 0 Å². The van der Waals surface area contributed by atoms with Gasteiger partial charge in [-0.15, -0.1) is 0 Å². The zero-order valence-electron chi connectivity index (χ0n) is 9.22. The highest BCUT2D eigenvalue weighted by Crippen LogP contribution is 2.38. The molecule has 0 saturated heterocycles. The van der Waals surface area contributed by atoms with Gasteiger partial charge in [-0.05, 0) is 54.4 Å². The molecular weight excluding hydrogens is 172 g/mol. The molecule has 0 fully saturated rings. The third kappa shape index (κ3) is 1.36. The quantitative estimate of drug-likeness (QED) is 0.721. The van der Waals surface area contributed by atoms with Crippen LogP contribution in [0.1, 0.15) is 29.2 Å². The lowest BCUT2D eigenvalue weighted by Gasteiger charge is -2.19. The van der Waals surface area contributed by atoms with Crippen LogP contribution in [0.5, 0.6) is 0 Å². The van der Waals surface area contributed by atoms with Gasteiger partial charge in [-0.1, -0.05) is 19.1 Å². The predicted molar refractivity (Wildman–Crippen MR) is 58.5 cm³/mol. The first-order valence-corrected chi connectivity index (χ1v) is 5.24. The van der Waals surface area contributed by atoms with Gasteiger partial charge in [-0.3, -0.25) is 0 Å². The zero-order valence-corrected chi connectivity index (χ0v) is 9.22. The van der Waals surface area contributed by atoms with E-state index in [4.69, 9.17) is 0 Å². The molecule has 1 aliphatic carbocycles. The molecule has 0 bridgehead atoms. The average Bonchev–Trinajstić information content (AvgIpc) is 2.51. The van der Waals surface area contributed by atoms with Crippen molar-refractivity contribution in [3.8, 4) is 0 Å². The molecule has 0 aromatic heterocycles. The summed E-state index contributed by atoms with van der Waals surface area (Å²) in [5.74, 6) is 0. The second-order valence-corrected chi connectivity index (χ2v) is 4.97. The van der Waals surface area contributed by atoms with Gasteiger partial charge in [0.25, 0.3) is 0 Å². The van der Waals surface area contributed by atoms with Crippen LogP contribution in [0, 0.1) is 19.3 Å². The molecule has 76 valence electrons. The van der Waals surface area contributed by atoms with E-state index in [1.54, 1.807) is 0 Å². The van der Waals surface area contributed by atoms with Gasteiger partial charge in [-0.25, -0.2) is 0 Å². The summed E-state index contributed by atoms with van der Waals surface area (Å²) in [5.41, 5.74) is 5.78. The molecule has 1 N–H and O–H groups in total. The highest BCUT2D eigenvalue weighted by Gasteiger charge is 2.33. The van der Waals surface area contributed by atoms with Gasteiger partial charge >= 0.3 is 0 Å². The fourth-order valence-corrected chi connectivity index (χ4v) is 2.40. The minimum atomic E-state index is 0.0842. The first-order valence-electron chi connectivity index (χ1n) is 5.24. The molecule has 1 aliphatic rings. The maximum atomic E-state index is 9.36. The highest BCUT2D eigenvalue weighted by atomic mass is 16.3. The standard InChI is InChI=1S/C13H18O/c1-9-4-5-11-6-13(3,8-14)7-12(11)10(9)2/h4-5,14H,6-8H2,1-3H3. The van der Waals surface area contributed by atoms with Crippen LogP contribution in [0.2, 0.25) is 0 Å². The van der Waals surface area contributed by atoms with Crippen molar-refractivity contribution in [3.63, 3.8) is 0 Å². The molecule has 1 unspecified atom stereocenters. The van der Waals surface area contributed by atoms with Crippen LogP contribution in [-0.2, 0) is 12.8 Å². The summed E-state index contributed by atoms with van der Waals surface area (Å²) < 4.78 is 0. The van der Waals surface area contributed by atoms with E-state index in [-0.39, 0.29) is 5.41 Å². The summed E-state index contributed by atoms with van der Waals surface area (Å²) in [4.78, 5) is 0. The minimum Gasteiger partial charge on any atom is -0.396 e. The number of aryl methyl sites for hydroxylation is 1. The Labute approximate surface area is 85.8 Å². The van der Waals surface area contributed by atoms with Crippen molar-refractivity contribution in [3.05, 3.63) is 34.4 Å². The van der Waals surface area contributed by atoms with Gasteiger partial charge in [0.05, 0.1) is 0 Å². The zero-order chi connectivity index (χ0) is 10.3. The Balaban J connectivity index is 2.45. The van der Waals surface area contributed by atoms with Crippen molar-refractivity contribution in [2.24, 2.45) is 5.41 Å². The average molecular weight is 190 g/mol. The third-order valence-corrected chi connectivity index (χ3v) is 3.57. The lowest BCUT2D eigenvalue weighted by molar-refractivity contribution is 0.152. The van der Waals surface area contributed by atoms with Crippen molar-refractivity contribution in [2.45, 2.75) is 33.6 Å². The van der Waals surface area contributed by atoms with Crippen LogP contribution in [0.15, 0.2) is 12.1 Å². The van der Waals surface area contributed by atoms with Crippen LogP contribution in [0.3, 0.4) is 0 Å². The summed E-state index contributed by atoms with van der Waals surface area (Å²) in [5, 5.41) is 9.36. The van der Waals surface area contributed by atoms with E-state index >= 15 is 0 Å². The van der Waals surface area contributed by atoms with Crippen molar-refractivity contribution >= 4 is 0 Å². The summed E-state index contributed by atoms with van der Waals surface area (Å²) >= 11 is 0. The molecule has 14 heavy (non-hydrogen) atoms. The smallest absolute Gasteiger partial charge is 0.0491 e. The number of fused-ring (bicyclic) bond motifs is 1. The molecular formula is C13H18O. The number of benzene rings is 1. The van der Waals surface area contributed by atoms with Crippen LogP contribution in [-0.4, -0.2) is 11.7 Å². The van der Waals surface area contributed by atoms with Gasteiger partial charge in [0.2, 0.25) is 0 Å². The van der Waals surface area contributed by atoms with Crippen LogP contribution in [0.25, 0.3) is 0 Å². The Bertz CT molecular complexity index is 368. The Morgan fingerprint density at radius 2 is 2.00 bits per heavy atom. The number of aliphatic hydroxyl groups is 1. The van der Waals surface area contributed by atoms with E-state index in [1.165, 1.54) is 22.3 Å². The molecule has 1 atom stereocenters. The first kappa shape index (κ1) is 9.72. The SMILES string of the molecule is Cc1ccc2c(c1C)CC(C)(CO)C2. The predicted octanol–water partition coefficient (Wildman–Crippen LogP) is 2.40. The van der Waals surface area contributed by atoms with E-state index in [0.717, 1.165) is 12.8 Å². The molecule has 0 spiro atoms.